The third-order valence-electron chi connectivity index (χ3n) is 11.2. The molecule has 2 amide bonds. The Morgan fingerprint density at radius 3 is 2.31 bits per heavy atom. The average Bonchev–Trinajstić information content (AvgIpc) is 3.72. The summed E-state index contributed by atoms with van der Waals surface area (Å²) >= 11 is 8.13. The van der Waals surface area contributed by atoms with E-state index in [1.54, 1.807) is 25.0 Å². The minimum Gasteiger partial charge on any atom is -0.394 e. The summed E-state index contributed by atoms with van der Waals surface area (Å²) in [6, 6.07) is 6.08. The van der Waals surface area contributed by atoms with Crippen LogP contribution in [0.2, 0.25) is 5.02 Å². The first kappa shape index (κ1) is 54.1. The van der Waals surface area contributed by atoms with Gasteiger partial charge in [-0.2, -0.15) is 40.2 Å². The van der Waals surface area contributed by atoms with E-state index in [2.05, 4.69) is 27.2 Å². The van der Waals surface area contributed by atoms with Crippen LogP contribution < -0.4 is 15.4 Å². The number of halogens is 11. The number of alkyl halides is 8. The van der Waals surface area contributed by atoms with Crippen LogP contribution >= 0.6 is 23.4 Å². The van der Waals surface area contributed by atoms with Crippen molar-refractivity contribution in [1.29, 1.82) is 0 Å². The number of hydrogen-bond acceptors (Lipinski definition) is 10. The highest BCUT2D eigenvalue weighted by atomic mass is 35.5. The summed E-state index contributed by atoms with van der Waals surface area (Å²) in [7, 11) is -2.24. The van der Waals surface area contributed by atoms with Crippen molar-refractivity contribution in [3.8, 4) is 23.0 Å². The number of pyridine rings is 1. The van der Waals surface area contributed by atoms with Gasteiger partial charge in [0.1, 0.15) is 52.8 Å². The smallest absolute Gasteiger partial charge is 0.394 e. The summed E-state index contributed by atoms with van der Waals surface area (Å²) in [5.74, 6) is -4.05. The van der Waals surface area contributed by atoms with Crippen LogP contribution in [-0.2, 0) is 38.3 Å². The summed E-state index contributed by atoms with van der Waals surface area (Å²) in [6.07, 6.45) is -8.94. The Morgan fingerprint density at radius 1 is 1.07 bits per heavy atom. The Bertz CT molecular complexity index is 2800. The number of rotatable bonds is 13. The van der Waals surface area contributed by atoms with Crippen LogP contribution in [0.5, 0.6) is 0 Å². The molecule has 12 nitrogen and oxygen atoms in total. The summed E-state index contributed by atoms with van der Waals surface area (Å²) in [5, 5.41) is 6.22. The van der Waals surface area contributed by atoms with Gasteiger partial charge in [-0.15, -0.1) is 11.8 Å². The van der Waals surface area contributed by atoms with E-state index in [9.17, 15) is 48.9 Å². The normalized spacial score (nSPS) is 18.9. The molecule has 2 aromatic carbocycles. The van der Waals surface area contributed by atoms with E-state index in [0.717, 1.165) is 25.3 Å². The summed E-state index contributed by atoms with van der Waals surface area (Å²) < 4.78 is 164. The molecule has 1 aliphatic heterocycles. The molecule has 3 N–H and O–H groups in total. The molecule has 2 aromatic heterocycles. The van der Waals surface area contributed by atoms with E-state index in [0.29, 0.717) is 28.1 Å². The lowest BCUT2D eigenvalue weighted by molar-refractivity contribution is -0.141. The third-order valence-corrected chi connectivity index (χ3v) is 13.5. The van der Waals surface area contributed by atoms with Gasteiger partial charge in [-0.1, -0.05) is 30.5 Å². The highest BCUT2D eigenvalue weighted by Crippen LogP contribution is 2.45. The molecule has 1 saturated carbocycles. The molecule has 2 unspecified atom stereocenters. The van der Waals surface area contributed by atoms with Crippen molar-refractivity contribution in [3.05, 3.63) is 87.3 Å². The van der Waals surface area contributed by atoms with Crippen molar-refractivity contribution in [1.82, 2.24) is 25.0 Å². The number of nitrogens with two attached hydrogens (primary N) is 1. The maximum atomic E-state index is 15.3. The summed E-state index contributed by atoms with van der Waals surface area (Å²) in [5.41, 5.74) is 0.185. The third kappa shape index (κ3) is 12.8. The predicted molar refractivity (Wildman–Crippen MR) is 247 cm³/mol. The summed E-state index contributed by atoms with van der Waals surface area (Å²) in [6.45, 7) is 2.54. The Balaban J connectivity index is 1.59. The molecule has 2 aliphatic rings. The molecule has 0 radical (unpaired) electrons. The van der Waals surface area contributed by atoms with E-state index in [1.807, 2.05) is 0 Å². The average molecular weight is 1050 g/mol. The molecule has 0 spiro atoms. The molecule has 1 saturated heterocycles. The number of fused-ring (bicyclic) bond motifs is 1. The number of anilines is 1. The number of nitrogens with one attached hydrogen (secondary N) is 1. The molecule has 3 heterocycles. The molecule has 6 rings (SSSR count). The van der Waals surface area contributed by atoms with Gasteiger partial charge in [0.2, 0.25) is 5.91 Å². The van der Waals surface area contributed by atoms with E-state index in [1.165, 1.54) is 36.0 Å². The number of benzene rings is 2. The molecule has 25 heteroatoms. The van der Waals surface area contributed by atoms with E-state index in [4.69, 9.17) is 27.1 Å². The maximum absolute atomic E-state index is 15.3. The van der Waals surface area contributed by atoms with Gasteiger partial charge in [0, 0.05) is 48.5 Å². The van der Waals surface area contributed by atoms with Crippen molar-refractivity contribution < 1.29 is 62.4 Å². The number of morpholine rings is 1. The van der Waals surface area contributed by atoms with E-state index < -0.39 is 118 Å². The van der Waals surface area contributed by atoms with Gasteiger partial charge in [-0.25, -0.2) is 22.3 Å². The molecule has 2 fully saturated rings. The molecular weight excluding hydrogens is 1010 g/mol. The fourth-order valence-corrected chi connectivity index (χ4v) is 9.04. The lowest BCUT2D eigenvalue weighted by Gasteiger charge is -2.28. The van der Waals surface area contributed by atoms with Crippen molar-refractivity contribution in [2.45, 2.75) is 69.2 Å². The number of aliphatic imine (C=N–C) groups is 1. The number of carbonyl (C=O) groups is 2. The van der Waals surface area contributed by atoms with Crippen molar-refractivity contribution >= 4 is 68.6 Å². The molecular formula is C45H45ClF10N8O4S2. The largest absolute Gasteiger partial charge is 0.431 e. The fraction of sp³-hybridized carbons (Fsp3) is 0.444. The zero-order valence-corrected chi connectivity index (χ0v) is 40.3. The molecule has 4 aromatic rings. The second-order valence-corrected chi connectivity index (χ2v) is 20.0. The topological polar surface area (TPSA) is 148 Å². The number of thioether (sulfide) groups is 1. The first-order valence-corrected chi connectivity index (χ1v) is 24.3. The Labute approximate surface area is 407 Å². The predicted octanol–water partition coefficient (Wildman–Crippen LogP) is 8.34. The SMILES string of the molecule is CSC(C)(C)C#Cc1ccc(-c2ccc(Cl)c3c(N(C(=O)CN4CCOCC4)S(C)=O)nn(CC(F)(F)F)c23)c(C(Cc2cc(F)cc(F)c2)NC(=O)CN=C2/C(=C(\N)C(F)(F)F)[C@@H](C)CC2(F)F)n1. The van der Waals surface area contributed by atoms with Gasteiger partial charge >= 0.3 is 12.4 Å². The second-order valence-electron chi connectivity index (χ2n) is 16.9. The molecule has 0 bridgehead atoms. The van der Waals surface area contributed by atoms with Crippen LogP contribution in [0, 0.1) is 29.4 Å². The van der Waals surface area contributed by atoms with Gasteiger partial charge < -0.3 is 15.8 Å². The van der Waals surface area contributed by atoms with Gasteiger partial charge in [-0.3, -0.25) is 24.2 Å². The van der Waals surface area contributed by atoms with Crippen LogP contribution in [0.15, 0.2) is 58.7 Å². The van der Waals surface area contributed by atoms with Crippen LogP contribution in [0.25, 0.3) is 22.0 Å². The number of aromatic nitrogens is 3. The van der Waals surface area contributed by atoms with Crippen LogP contribution in [0.4, 0.5) is 49.7 Å². The fourth-order valence-electron chi connectivity index (χ4n) is 7.94. The zero-order chi connectivity index (χ0) is 51.7. The highest BCUT2D eigenvalue weighted by Gasteiger charge is 2.52. The maximum Gasteiger partial charge on any atom is 0.431 e. The van der Waals surface area contributed by atoms with Gasteiger partial charge in [0.25, 0.3) is 11.8 Å². The van der Waals surface area contributed by atoms with E-state index in [-0.39, 0.29) is 63.8 Å². The molecule has 70 heavy (non-hydrogen) atoms. The first-order valence-electron chi connectivity index (χ1n) is 21.2. The van der Waals surface area contributed by atoms with E-state index >= 15 is 8.78 Å². The zero-order valence-electron chi connectivity index (χ0n) is 37.9. The lowest BCUT2D eigenvalue weighted by Crippen LogP contribution is -2.45. The number of ether oxygens (including phenoxy) is 1. The standard InChI is InChI=1S/C45H45ClF10N8O4S2/c1-24-20-43(49,50)40(35(24)39(57)45(54,55)56)58-21-33(65)60-32(18-25-16-26(47)19-27(48)17-25)37-29(7-6-28(59-37)10-11-42(2,3)69-4)30-8-9-31(46)36-38(30)63(23-44(51,52)53)61-41(36)64(70(5)67)34(66)22-62-12-14-68-15-13-62/h6-9,16-17,19,24,32H,12-15,18,20-23,57H2,1-5H3,(H,60,65)/b39-35-,58-40?/t24-,32?,70?/m0/s1. The van der Waals surface area contributed by atoms with Gasteiger partial charge in [0.05, 0.1) is 52.2 Å². The van der Waals surface area contributed by atoms with Crippen LogP contribution in [0.1, 0.15) is 50.2 Å². The van der Waals surface area contributed by atoms with Crippen molar-refractivity contribution in [2.24, 2.45) is 16.6 Å². The second kappa shape index (κ2) is 21.2. The Morgan fingerprint density at radius 2 is 1.71 bits per heavy atom. The number of allylic oxidation sites excluding steroid dienone is 2. The Hall–Kier alpha value is -5.22. The van der Waals surface area contributed by atoms with Crippen molar-refractivity contribution in [3.63, 3.8) is 0 Å². The number of carbonyl (C=O) groups excluding carboxylic acids is 2. The van der Waals surface area contributed by atoms with Gasteiger partial charge in [-0.05, 0) is 74.3 Å². The van der Waals surface area contributed by atoms with Gasteiger partial charge in [0.15, 0.2) is 5.82 Å². The number of nitrogens with zero attached hydrogens (tertiary/aromatic N) is 6. The minimum atomic E-state index is -5.23. The highest BCUT2D eigenvalue weighted by molar-refractivity contribution is 8.00. The molecule has 378 valence electrons. The molecule has 1 aliphatic carbocycles. The Kier molecular flexibility index (Phi) is 16.4. The van der Waals surface area contributed by atoms with Crippen molar-refractivity contribution in [2.75, 3.05) is 56.2 Å². The first-order chi connectivity index (χ1) is 32.6. The van der Waals surface area contributed by atoms with Crippen LogP contribution in [0.3, 0.4) is 0 Å². The quantitative estimate of drug-likeness (QED) is 0.0997. The molecule has 3 atom stereocenters. The minimum absolute atomic E-state index is 0.0127. The van der Waals surface area contributed by atoms with Crippen LogP contribution in [-0.4, -0.2) is 116 Å². The summed E-state index contributed by atoms with van der Waals surface area (Å²) in [4.78, 5) is 37.9. The monoisotopic (exact) mass is 1050 g/mol. The number of hydrogen-bond donors (Lipinski definition) is 2. The lowest BCUT2D eigenvalue weighted by atomic mass is 9.93. The number of amides is 2.